The normalized spacial score (nSPS) is 17.7. The van der Waals surface area contributed by atoms with E-state index in [2.05, 4.69) is 5.32 Å². The van der Waals surface area contributed by atoms with Crippen molar-refractivity contribution in [2.75, 3.05) is 11.6 Å². The van der Waals surface area contributed by atoms with E-state index >= 15 is 0 Å². The van der Waals surface area contributed by atoms with Crippen molar-refractivity contribution in [3.63, 3.8) is 0 Å². The summed E-state index contributed by atoms with van der Waals surface area (Å²) in [5.41, 5.74) is 2.07. The van der Waals surface area contributed by atoms with Crippen LogP contribution in [0.1, 0.15) is 37.7 Å². The maximum Gasteiger partial charge on any atom is 0.175 e. The Balaban J connectivity index is 2.21. The van der Waals surface area contributed by atoms with Gasteiger partial charge in [0.2, 0.25) is 0 Å². The molecule has 0 spiro atoms. The number of aryl methyl sites for hydroxylation is 1. The van der Waals surface area contributed by atoms with E-state index in [1.165, 1.54) is 38.4 Å². The summed E-state index contributed by atoms with van der Waals surface area (Å²) < 4.78 is 23.1. The summed E-state index contributed by atoms with van der Waals surface area (Å²) in [5, 5.41) is 3.50. The molecule has 0 aromatic heterocycles. The van der Waals surface area contributed by atoms with Crippen molar-refractivity contribution in [3.05, 3.63) is 23.8 Å². The van der Waals surface area contributed by atoms with Crippen molar-refractivity contribution in [2.24, 2.45) is 0 Å². The Labute approximate surface area is 110 Å². The highest BCUT2D eigenvalue weighted by Crippen LogP contribution is 2.25. The fourth-order valence-electron chi connectivity index (χ4n) is 2.45. The lowest BCUT2D eigenvalue weighted by atomic mass is 9.95. The molecular formula is C14H21NO2S. The molecule has 0 aliphatic heterocycles. The molecule has 18 heavy (non-hydrogen) atoms. The van der Waals surface area contributed by atoms with Crippen LogP contribution in [-0.2, 0) is 9.84 Å². The zero-order chi connectivity index (χ0) is 13.2. The summed E-state index contributed by atoms with van der Waals surface area (Å²) >= 11 is 0. The molecule has 3 nitrogen and oxygen atoms in total. The lowest BCUT2D eigenvalue weighted by Crippen LogP contribution is -2.22. The molecule has 1 aromatic carbocycles. The highest BCUT2D eigenvalue weighted by molar-refractivity contribution is 7.90. The van der Waals surface area contributed by atoms with E-state index < -0.39 is 9.84 Å². The summed E-state index contributed by atoms with van der Waals surface area (Å²) in [5.74, 6) is 0. The lowest BCUT2D eigenvalue weighted by Gasteiger charge is -2.25. The van der Waals surface area contributed by atoms with Gasteiger partial charge in [0.25, 0.3) is 0 Å². The van der Waals surface area contributed by atoms with Crippen LogP contribution in [0.2, 0.25) is 0 Å². The Hall–Kier alpha value is -1.03. The van der Waals surface area contributed by atoms with Gasteiger partial charge in [0.05, 0.1) is 4.90 Å². The van der Waals surface area contributed by atoms with Crippen LogP contribution in [0.5, 0.6) is 0 Å². The molecule has 0 amide bonds. The van der Waals surface area contributed by atoms with Crippen molar-refractivity contribution in [1.29, 1.82) is 0 Å². The monoisotopic (exact) mass is 267 g/mol. The zero-order valence-electron chi connectivity index (χ0n) is 11.1. The van der Waals surface area contributed by atoms with Gasteiger partial charge in [-0.3, -0.25) is 0 Å². The summed E-state index contributed by atoms with van der Waals surface area (Å²) in [7, 11) is -3.12. The van der Waals surface area contributed by atoms with Gasteiger partial charge in [-0.15, -0.1) is 0 Å². The first kappa shape index (κ1) is 13.4. The molecule has 0 bridgehead atoms. The molecule has 1 saturated carbocycles. The molecule has 1 aromatic rings. The van der Waals surface area contributed by atoms with E-state index in [9.17, 15) is 8.42 Å². The predicted octanol–water partition coefficient (Wildman–Crippen LogP) is 3.14. The highest BCUT2D eigenvalue weighted by atomic mass is 32.2. The second-order valence-electron chi connectivity index (χ2n) is 5.23. The minimum absolute atomic E-state index is 0.395. The molecule has 0 saturated heterocycles. The minimum atomic E-state index is -3.12. The van der Waals surface area contributed by atoms with E-state index in [1.807, 2.05) is 13.0 Å². The Morgan fingerprint density at radius 1 is 1.17 bits per heavy atom. The van der Waals surface area contributed by atoms with E-state index in [-0.39, 0.29) is 0 Å². The van der Waals surface area contributed by atoms with Gasteiger partial charge >= 0.3 is 0 Å². The van der Waals surface area contributed by atoms with Crippen LogP contribution >= 0.6 is 0 Å². The Kier molecular flexibility index (Phi) is 3.95. The Morgan fingerprint density at radius 3 is 2.44 bits per heavy atom. The number of anilines is 1. The number of benzene rings is 1. The van der Waals surface area contributed by atoms with Crippen LogP contribution < -0.4 is 5.32 Å². The first-order valence-electron chi connectivity index (χ1n) is 6.54. The van der Waals surface area contributed by atoms with Gasteiger partial charge in [0, 0.05) is 18.0 Å². The van der Waals surface area contributed by atoms with Gasteiger partial charge in [0.1, 0.15) is 0 Å². The third kappa shape index (κ3) is 3.25. The third-order valence-electron chi connectivity index (χ3n) is 3.60. The van der Waals surface area contributed by atoms with E-state index in [4.69, 9.17) is 0 Å². The second-order valence-corrected chi connectivity index (χ2v) is 7.24. The fourth-order valence-corrected chi connectivity index (χ4v) is 3.10. The standard InChI is InChI=1S/C14H21NO2S/c1-11-8-9-13(18(2,16)17)10-14(11)15-12-6-4-3-5-7-12/h8-10,12,15H,3-7H2,1-2H3. The molecule has 1 fully saturated rings. The molecule has 4 heteroatoms. The van der Waals surface area contributed by atoms with Gasteiger partial charge in [-0.05, 0) is 37.5 Å². The first-order valence-corrected chi connectivity index (χ1v) is 8.43. The van der Waals surface area contributed by atoms with Gasteiger partial charge in [-0.2, -0.15) is 0 Å². The molecule has 1 N–H and O–H groups in total. The molecular weight excluding hydrogens is 246 g/mol. The number of rotatable bonds is 3. The van der Waals surface area contributed by atoms with Crippen LogP contribution in [0.15, 0.2) is 23.1 Å². The molecule has 0 radical (unpaired) electrons. The van der Waals surface area contributed by atoms with Crippen LogP contribution in [-0.4, -0.2) is 20.7 Å². The number of nitrogens with one attached hydrogen (secondary N) is 1. The van der Waals surface area contributed by atoms with Crippen LogP contribution in [0.4, 0.5) is 5.69 Å². The van der Waals surface area contributed by atoms with Crippen LogP contribution in [0.25, 0.3) is 0 Å². The highest BCUT2D eigenvalue weighted by Gasteiger charge is 2.15. The summed E-state index contributed by atoms with van der Waals surface area (Å²) in [6, 6.07) is 5.81. The smallest absolute Gasteiger partial charge is 0.175 e. The maximum atomic E-state index is 11.6. The second kappa shape index (κ2) is 5.31. The molecule has 0 unspecified atom stereocenters. The Morgan fingerprint density at radius 2 is 1.83 bits per heavy atom. The summed E-state index contributed by atoms with van der Waals surface area (Å²) in [4.78, 5) is 0.395. The minimum Gasteiger partial charge on any atom is -0.382 e. The largest absolute Gasteiger partial charge is 0.382 e. The van der Waals surface area contributed by atoms with Crippen molar-refractivity contribution < 1.29 is 8.42 Å². The van der Waals surface area contributed by atoms with Gasteiger partial charge in [-0.1, -0.05) is 25.3 Å². The molecule has 2 rings (SSSR count). The molecule has 0 atom stereocenters. The number of hydrogen-bond donors (Lipinski definition) is 1. The van der Waals surface area contributed by atoms with Gasteiger partial charge in [0.15, 0.2) is 9.84 Å². The van der Waals surface area contributed by atoms with Crippen LogP contribution in [0.3, 0.4) is 0 Å². The van der Waals surface area contributed by atoms with Crippen molar-refractivity contribution >= 4 is 15.5 Å². The van der Waals surface area contributed by atoms with Crippen molar-refractivity contribution in [3.8, 4) is 0 Å². The first-order chi connectivity index (χ1) is 8.47. The lowest BCUT2D eigenvalue weighted by molar-refractivity contribution is 0.462. The van der Waals surface area contributed by atoms with Gasteiger partial charge in [-0.25, -0.2) is 8.42 Å². The molecule has 0 heterocycles. The van der Waals surface area contributed by atoms with Crippen molar-refractivity contribution in [1.82, 2.24) is 0 Å². The van der Waals surface area contributed by atoms with Crippen LogP contribution in [0, 0.1) is 6.92 Å². The summed E-state index contributed by atoms with van der Waals surface area (Å²) in [6.07, 6.45) is 7.47. The molecule has 1 aliphatic rings. The van der Waals surface area contributed by atoms with Crippen molar-refractivity contribution in [2.45, 2.75) is 50.0 Å². The summed E-state index contributed by atoms with van der Waals surface area (Å²) in [6.45, 7) is 2.01. The number of sulfone groups is 1. The number of hydrogen-bond acceptors (Lipinski definition) is 3. The molecule has 100 valence electrons. The van der Waals surface area contributed by atoms with E-state index in [0.717, 1.165) is 11.3 Å². The third-order valence-corrected chi connectivity index (χ3v) is 4.71. The van der Waals surface area contributed by atoms with Gasteiger partial charge < -0.3 is 5.32 Å². The SMILES string of the molecule is Cc1ccc(S(C)(=O)=O)cc1NC1CCCCC1. The average Bonchev–Trinajstić information content (AvgIpc) is 2.32. The molecule has 1 aliphatic carbocycles. The zero-order valence-corrected chi connectivity index (χ0v) is 11.9. The Bertz CT molecular complexity index is 517. The fraction of sp³-hybridized carbons (Fsp3) is 0.571. The van der Waals surface area contributed by atoms with E-state index in [0.29, 0.717) is 10.9 Å². The predicted molar refractivity (Wildman–Crippen MR) is 74.8 cm³/mol. The maximum absolute atomic E-state index is 11.6. The van der Waals surface area contributed by atoms with E-state index in [1.54, 1.807) is 12.1 Å². The average molecular weight is 267 g/mol. The quantitative estimate of drug-likeness (QED) is 0.915. The topological polar surface area (TPSA) is 46.2 Å².